The summed E-state index contributed by atoms with van der Waals surface area (Å²) in [6.45, 7) is 1.48. The first kappa shape index (κ1) is 23.8. The molecule has 0 aliphatic carbocycles. The number of unbranched alkanes of at least 4 members (excludes halogenated alkanes) is 1. The lowest BCUT2D eigenvalue weighted by Crippen LogP contribution is -2.19. The van der Waals surface area contributed by atoms with Gasteiger partial charge in [-0.25, -0.2) is 4.79 Å². The fraction of sp³-hybridized carbons (Fsp3) is 0.172. The van der Waals surface area contributed by atoms with Gasteiger partial charge >= 0.3 is 11.9 Å². The second-order valence-corrected chi connectivity index (χ2v) is 7.82. The molecule has 0 saturated carbocycles. The predicted octanol–water partition coefficient (Wildman–Crippen LogP) is 7.06. The normalized spacial score (nSPS) is 10.5. The monoisotopic (exact) mass is 470 g/mol. The Hall–Kier alpha value is -4.32. The van der Waals surface area contributed by atoms with Crippen LogP contribution in [-0.4, -0.2) is 18.5 Å². The Balaban J connectivity index is 1.72. The molecule has 0 N–H and O–H groups in total. The molecule has 0 bridgehead atoms. The van der Waals surface area contributed by atoms with Crippen LogP contribution < -0.4 is 14.2 Å². The van der Waals surface area contributed by atoms with Crippen molar-refractivity contribution in [2.45, 2.75) is 26.2 Å². The Bertz CT molecular complexity index is 1280. The Morgan fingerprint density at radius 2 is 1.34 bits per heavy atom. The molecular weight excluding hydrogens is 444 g/mol. The molecule has 0 aromatic heterocycles. The van der Waals surface area contributed by atoms with Gasteiger partial charge in [-0.05, 0) is 42.1 Å². The maximum atomic E-state index is 12.7. The molecule has 4 rings (SSSR count). The Morgan fingerprint density at radius 1 is 0.714 bits per heavy atom. The molecule has 0 heterocycles. The number of esters is 2. The summed E-state index contributed by atoms with van der Waals surface area (Å²) in [6, 6.07) is 27.7. The van der Waals surface area contributed by atoms with E-state index in [9.17, 15) is 9.59 Å². The number of hydrogen-bond acceptors (Lipinski definition) is 6. The van der Waals surface area contributed by atoms with Gasteiger partial charge in [0.05, 0.1) is 0 Å². The van der Waals surface area contributed by atoms with Crippen molar-refractivity contribution in [2.24, 2.45) is 0 Å². The first-order chi connectivity index (χ1) is 17.1. The Kier molecular flexibility index (Phi) is 7.96. The molecule has 178 valence electrons. The maximum Gasteiger partial charge on any atom is 0.349 e. The Morgan fingerprint density at radius 3 is 2.03 bits per heavy atom. The minimum absolute atomic E-state index is 0.187. The molecule has 0 saturated heterocycles. The number of benzene rings is 4. The average molecular weight is 471 g/mol. The molecule has 35 heavy (non-hydrogen) atoms. The number of rotatable bonds is 10. The van der Waals surface area contributed by atoms with Gasteiger partial charge in [-0.15, -0.1) is 0 Å². The van der Waals surface area contributed by atoms with E-state index in [0.29, 0.717) is 29.1 Å². The summed E-state index contributed by atoms with van der Waals surface area (Å²) in [6.07, 6.45) is 1.82. The smallest absolute Gasteiger partial charge is 0.349 e. The van der Waals surface area contributed by atoms with Crippen molar-refractivity contribution in [3.63, 3.8) is 0 Å². The summed E-state index contributed by atoms with van der Waals surface area (Å²) in [5.74, 6) is 0.801. The topological polar surface area (TPSA) is 71.1 Å². The summed E-state index contributed by atoms with van der Waals surface area (Å²) in [4.78, 5) is 24.6. The summed E-state index contributed by atoms with van der Waals surface area (Å²) >= 11 is 0. The SMILES string of the molecule is CCCCC(=O)OCC(=O)Oc1c(Oc2ccccc2)c(Oc2ccccc2)cc2ccccc12. The van der Waals surface area contributed by atoms with Crippen LogP contribution >= 0.6 is 0 Å². The quantitative estimate of drug-likeness (QED) is 0.182. The largest absolute Gasteiger partial charge is 0.454 e. The van der Waals surface area contributed by atoms with Gasteiger partial charge in [-0.3, -0.25) is 4.79 Å². The number of para-hydroxylation sites is 2. The molecule has 0 amide bonds. The van der Waals surface area contributed by atoms with Crippen LogP contribution in [-0.2, 0) is 14.3 Å². The van der Waals surface area contributed by atoms with Gasteiger partial charge in [-0.1, -0.05) is 74.0 Å². The molecule has 4 aromatic carbocycles. The van der Waals surface area contributed by atoms with Gasteiger partial charge in [-0.2, -0.15) is 0 Å². The fourth-order valence-corrected chi connectivity index (χ4v) is 3.44. The van der Waals surface area contributed by atoms with Gasteiger partial charge in [0.2, 0.25) is 5.75 Å². The molecule has 0 aliphatic rings. The fourth-order valence-electron chi connectivity index (χ4n) is 3.44. The second-order valence-electron chi connectivity index (χ2n) is 7.82. The number of fused-ring (bicyclic) bond motifs is 1. The second kappa shape index (κ2) is 11.7. The lowest BCUT2D eigenvalue weighted by atomic mass is 10.1. The molecule has 0 unspecified atom stereocenters. The molecule has 4 aromatic rings. The van der Waals surface area contributed by atoms with Gasteiger partial charge in [0.15, 0.2) is 18.1 Å². The van der Waals surface area contributed by atoms with Crippen molar-refractivity contribution in [3.05, 3.63) is 91.0 Å². The minimum atomic E-state index is -0.713. The number of ether oxygens (including phenoxy) is 4. The van der Waals surface area contributed by atoms with E-state index in [1.165, 1.54) is 0 Å². The van der Waals surface area contributed by atoms with Crippen molar-refractivity contribution >= 4 is 22.7 Å². The highest BCUT2D eigenvalue weighted by molar-refractivity contribution is 5.95. The third kappa shape index (κ3) is 6.38. The first-order valence-corrected chi connectivity index (χ1v) is 11.5. The summed E-state index contributed by atoms with van der Waals surface area (Å²) in [5, 5.41) is 1.45. The van der Waals surface area contributed by atoms with E-state index in [0.717, 1.165) is 11.8 Å². The van der Waals surface area contributed by atoms with Crippen LogP contribution in [0.25, 0.3) is 10.8 Å². The highest BCUT2D eigenvalue weighted by Crippen LogP contribution is 2.47. The number of hydrogen-bond donors (Lipinski definition) is 0. The van der Waals surface area contributed by atoms with Gasteiger partial charge in [0, 0.05) is 11.8 Å². The minimum Gasteiger partial charge on any atom is -0.454 e. The van der Waals surface area contributed by atoms with E-state index in [1.807, 2.05) is 85.8 Å². The van der Waals surface area contributed by atoms with Crippen molar-refractivity contribution in [3.8, 4) is 28.7 Å². The van der Waals surface area contributed by atoms with E-state index in [-0.39, 0.29) is 17.9 Å². The molecule has 0 aliphatic heterocycles. The molecular formula is C29H26O6. The predicted molar refractivity (Wildman–Crippen MR) is 133 cm³/mol. The van der Waals surface area contributed by atoms with Crippen LogP contribution in [0.4, 0.5) is 0 Å². The molecule has 6 heteroatoms. The molecule has 0 radical (unpaired) electrons. The zero-order valence-electron chi connectivity index (χ0n) is 19.4. The lowest BCUT2D eigenvalue weighted by molar-refractivity contribution is -0.153. The molecule has 0 atom stereocenters. The van der Waals surface area contributed by atoms with Crippen molar-refractivity contribution < 1.29 is 28.5 Å². The van der Waals surface area contributed by atoms with Gasteiger partial charge in [0.1, 0.15) is 11.5 Å². The summed E-state index contributed by atoms with van der Waals surface area (Å²) in [5.41, 5.74) is 0. The number of carbonyl (C=O) groups excluding carboxylic acids is 2. The maximum absolute atomic E-state index is 12.7. The molecule has 6 nitrogen and oxygen atoms in total. The van der Waals surface area contributed by atoms with Crippen LogP contribution in [0, 0.1) is 0 Å². The van der Waals surface area contributed by atoms with Crippen LogP contribution in [0.1, 0.15) is 26.2 Å². The third-order valence-corrected chi connectivity index (χ3v) is 5.16. The van der Waals surface area contributed by atoms with Crippen LogP contribution in [0.15, 0.2) is 91.0 Å². The Labute approximate surface area is 204 Å². The van der Waals surface area contributed by atoms with Crippen molar-refractivity contribution in [2.75, 3.05) is 6.61 Å². The van der Waals surface area contributed by atoms with E-state index in [2.05, 4.69) is 0 Å². The van der Waals surface area contributed by atoms with Crippen LogP contribution in [0.5, 0.6) is 28.7 Å². The lowest BCUT2D eigenvalue weighted by Gasteiger charge is -2.18. The van der Waals surface area contributed by atoms with E-state index in [1.54, 1.807) is 12.1 Å². The van der Waals surface area contributed by atoms with Gasteiger partial charge in [0.25, 0.3) is 0 Å². The highest BCUT2D eigenvalue weighted by Gasteiger charge is 2.22. The van der Waals surface area contributed by atoms with E-state index in [4.69, 9.17) is 18.9 Å². The van der Waals surface area contributed by atoms with Crippen LogP contribution in [0.2, 0.25) is 0 Å². The van der Waals surface area contributed by atoms with E-state index >= 15 is 0 Å². The molecule has 0 fully saturated rings. The summed E-state index contributed by atoms with van der Waals surface area (Å²) < 4.78 is 23.2. The summed E-state index contributed by atoms with van der Waals surface area (Å²) in [7, 11) is 0. The van der Waals surface area contributed by atoms with Gasteiger partial charge < -0.3 is 18.9 Å². The third-order valence-electron chi connectivity index (χ3n) is 5.16. The first-order valence-electron chi connectivity index (χ1n) is 11.5. The van der Waals surface area contributed by atoms with Crippen molar-refractivity contribution in [1.29, 1.82) is 0 Å². The average Bonchev–Trinajstić information content (AvgIpc) is 2.89. The zero-order chi connectivity index (χ0) is 24.5. The zero-order valence-corrected chi connectivity index (χ0v) is 19.4. The van der Waals surface area contributed by atoms with E-state index < -0.39 is 18.5 Å². The number of carbonyl (C=O) groups is 2. The highest BCUT2D eigenvalue weighted by atomic mass is 16.6. The van der Waals surface area contributed by atoms with Crippen molar-refractivity contribution in [1.82, 2.24) is 0 Å². The standard InChI is InChI=1S/C29H26O6/c1-2-3-18-26(30)32-20-27(31)35-28-24-17-11-10-12-21(24)19-25(33-22-13-6-4-7-14-22)29(28)34-23-15-8-5-9-16-23/h4-17,19H,2-3,18,20H2,1H3. The molecule has 0 spiro atoms. The van der Waals surface area contributed by atoms with Crippen LogP contribution in [0.3, 0.4) is 0 Å².